The van der Waals surface area contributed by atoms with Gasteiger partial charge in [-0.15, -0.1) is 11.3 Å². The smallest absolute Gasteiger partial charge is 0.307 e. The van der Waals surface area contributed by atoms with Gasteiger partial charge in [-0.1, -0.05) is 25.3 Å². The Kier molecular flexibility index (Phi) is 7.43. The van der Waals surface area contributed by atoms with Crippen molar-refractivity contribution in [3.8, 4) is 0 Å². The second-order valence-corrected chi connectivity index (χ2v) is 7.23. The number of nitrogens with one attached hydrogen (secondary N) is 1. The normalized spacial score (nSPS) is 16.4. The minimum atomic E-state index is -0.821. The monoisotopic (exact) mass is 351 g/mol. The zero-order valence-corrected chi connectivity index (χ0v) is 14.9. The Morgan fingerprint density at radius 1 is 1.25 bits per heavy atom. The van der Waals surface area contributed by atoms with Crippen LogP contribution in [0.15, 0.2) is 17.5 Å². The predicted molar refractivity (Wildman–Crippen MR) is 93.0 cm³/mol. The molecule has 0 bridgehead atoms. The van der Waals surface area contributed by atoms with Crippen LogP contribution in [-0.2, 0) is 14.3 Å². The lowest BCUT2D eigenvalue weighted by atomic mass is 9.89. The van der Waals surface area contributed by atoms with Gasteiger partial charge < -0.3 is 10.1 Å². The van der Waals surface area contributed by atoms with Gasteiger partial charge in [0.1, 0.15) is 0 Å². The van der Waals surface area contributed by atoms with Crippen LogP contribution in [0.25, 0.3) is 0 Å². The van der Waals surface area contributed by atoms with E-state index >= 15 is 0 Å². The molecule has 1 aliphatic carbocycles. The largest absolute Gasteiger partial charge is 0.453 e. The third-order valence-electron chi connectivity index (χ3n) is 4.32. The van der Waals surface area contributed by atoms with E-state index in [1.54, 1.807) is 19.1 Å². The van der Waals surface area contributed by atoms with Gasteiger partial charge in [0, 0.05) is 13.0 Å². The van der Waals surface area contributed by atoms with Gasteiger partial charge in [-0.25, -0.2) is 0 Å². The average molecular weight is 351 g/mol. The number of hydrogen-bond acceptors (Lipinski definition) is 5. The molecule has 24 heavy (non-hydrogen) atoms. The molecule has 0 saturated heterocycles. The molecule has 0 aromatic carbocycles. The van der Waals surface area contributed by atoms with E-state index < -0.39 is 12.1 Å². The van der Waals surface area contributed by atoms with E-state index in [-0.39, 0.29) is 24.5 Å². The topological polar surface area (TPSA) is 72.5 Å². The molecule has 1 heterocycles. The molecule has 1 aliphatic rings. The Morgan fingerprint density at radius 2 is 2.00 bits per heavy atom. The van der Waals surface area contributed by atoms with Crippen LogP contribution in [0.3, 0.4) is 0 Å². The van der Waals surface area contributed by atoms with E-state index in [9.17, 15) is 14.4 Å². The summed E-state index contributed by atoms with van der Waals surface area (Å²) >= 11 is 1.36. The number of rotatable bonds is 8. The van der Waals surface area contributed by atoms with E-state index in [4.69, 9.17) is 4.74 Å². The molecule has 1 N–H and O–H groups in total. The van der Waals surface area contributed by atoms with Crippen LogP contribution in [-0.4, -0.2) is 30.3 Å². The van der Waals surface area contributed by atoms with Crippen LogP contribution in [0, 0.1) is 5.92 Å². The molecule has 1 saturated carbocycles. The summed E-state index contributed by atoms with van der Waals surface area (Å²) in [7, 11) is 0. The zero-order chi connectivity index (χ0) is 17.4. The third kappa shape index (κ3) is 6.07. The third-order valence-corrected chi connectivity index (χ3v) is 5.23. The quantitative estimate of drug-likeness (QED) is 0.576. The highest BCUT2D eigenvalue weighted by Gasteiger charge is 2.20. The summed E-state index contributed by atoms with van der Waals surface area (Å²) in [6.07, 6.45) is 5.32. The van der Waals surface area contributed by atoms with Gasteiger partial charge in [-0.2, -0.15) is 0 Å². The maximum atomic E-state index is 12.0. The molecule has 1 aromatic rings. The lowest BCUT2D eigenvalue weighted by molar-refractivity contribution is -0.154. The number of hydrogen-bond donors (Lipinski definition) is 1. The maximum Gasteiger partial charge on any atom is 0.307 e. The first-order valence-electron chi connectivity index (χ1n) is 8.60. The summed E-state index contributed by atoms with van der Waals surface area (Å²) in [5.74, 6) is -0.316. The van der Waals surface area contributed by atoms with Crippen molar-refractivity contribution >= 4 is 29.0 Å². The standard InChI is InChI=1S/C18H25NO4S/c1-13(18(22)19-12-14-6-3-2-4-7-14)23-17(21)10-9-15(20)16-8-5-11-24-16/h5,8,11,13-14H,2-4,6-7,9-10,12H2,1H3,(H,19,22)/t13-/m1/s1. The van der Waals surface area contributed by atoms with E-state index in [2.05, 4.69) is 5.32 Å². The first kappa shape index (κ1) is 18.6. The van der Waals surface area contributed by atoms with Crippen molar-refractivity contribution < 1.29 is 19.1 Å². The second-order valence-electron chi connectivity index (χ2n) is 6.28. The first-order valence-corrected chi connectivity index (χ1v) is 9.48. The molecular formula is C18H25NO4S. The number of ketones is 1. The van der Waals surface area contributed by atoms with Crippen molar-refractivity contribution in [2.45, 2.75) is 58.0 Å². The number of Topliss-reactive ketones (excluding diaryl/α,β-unsaturated/α-hetero) is 1. The summed E-state index contributed by atoms with van der Waals surface area (Å²) in [5, 5.41) is 4.69. The van der Waals surface area contributed by atoms with E-state index in [0.29, 0.717) is 17.3 Å². The minimum absolute atomic E-state index is 0.00300. The van der Waals surface area contributed by atoms with Crippen molar-refractivity contribution in [2.75, 3.05) is 6.54 Å². The molecular weight excluding hydrogens is 326 g/mol. The lowest BCUT2D eigenvalue weighted by Gasteiger charge is -2.22. The number of carbonyl (C=O) groups is 3. The fourth-order valence-corrected chi connectivity index (χ4v) is 3.56. The molecule has 0 aliphatic heterocycles. The van der Waals surface area contributed by atoms with Crippen molar-refractivity contribution in [3.63, 3.8) is 0 Å². The Labute approximate surface area is 146 Å². The molecule has 0 unspecified atom stereocenters. The van der Waals surface area contributed by atoms with Gasteiger partial charge in [-0.05, 0) is 37.1 Å². The molecule has 0 spiro atoms. The Balaban J connectivity index is 1.64. The molecule has 5 nitrogen and oxygen atoms in total. The van der Waals surface area contributed by atoms with Gasteiger partial charge in [0.25, 0.3) is 5.91 Å². The van der Waals surface area contributed by atoms with Crippen LogP contribution in [0.1, 0.15) is 61.5 Å². The Hall–Kier alpha value is -1.69. The van der Waals surface area contributed by atoms with Crippen LogP contribution in [0.5, 0.6) is 0 Å². The zero-order valence-electron chi connectivity index (χ0n) is 14.1. The van der Waals surface area contributed by atoms with Crippen LogP contribution in [0.4, 0.5) is 0 Å². The van der Waals surface area contributed by atoms with Crippen LogP contribution >= 0.6 is 11.3 Å². The summed E-state index contributed by atoms with van der Waals surface area (Å²) in [6, 6.07) is 3.54. The lowest BCUT2D eigenvalue weighted by Crippen LogP contribution is -2.38. The SMILES string of the molecule is C[C@@H](OC(=O)CCC(=O)c1cccs1)C(=O)NCC1CCCCC1. The highest BCUT2D eigenvalue weighted by Crippen LogP contribution is 2.22. The van der Waals surface area contributed by atoms with Crippen LogP contribution in [0.2, 0.25) is 0 Å². The maximum absolute atomic E-state index is 12.0. The number of ether oxygens (including phenoxy) is 1. The minimum Gasteiger partial charge on any atom is -0.453 e. The van der Waals surface area contributed by atoms with Gasteiger partial charge in [-0.3, -0.25) is 14.4 Å². The molecule has 1 fully saturated rings. The molecule has 1 aromatic heterocycles. The summed E-state index contributed by atoms with van der Waals surface area (Å²) < 4.78 is 5.12. The second kappa shape index (κ2) is 9.57. The number of carbonyl (C=O) groups excluding carboxylic acids is 3. The number of thiophene rings is 1. The van der Waals surface area contributed by atoms with E-state index in [0.717, 1.165) is 12.8 Å². The van der Waals surface area contributed by atoms with Gasteiger partial charge in [0.05, 0.1) is 11.3 Å². The van der Waals surface area contributed by atoms with Crippen LogP contribution < -0.4 is 5.32 Å². The number of amides is 1. The summed E-state index contributed by atoms with van der Waals surface area (Å²) in [6.45, 7) is 2.22. The summed E-state index contributed by atoms with van der Waals surface area (Å²) in [4.78, 5) is 36.2. The van der Waals surface area contributed by atoms with Crippen molar-refractivity contribution in [1.29, 1.82) is 0 Å². The van der Waals surface area contributed by atoms with E-state index in [1.165, 1.54) is 30.6 Å². The average Bonchev–Trinajstić information content (AvgIpc) is 3.13. The predicted octanol–water partition coefficient (Wildman–Crippen LogP) is 3.34. The molecule has 2 rings (SSSR count). The highest BCUT2D eigenvalue weighted by molar-refractivity contribution is 7.12. The molecule has 132 valence electrons. The van der Waals surface area contributed by atoms with Crippen molar-refractivity contribution in [2.24, 2.45) is 5.92 Å². The van der Waals surface area contributed by atoms with Gasteiger partial charge >= 0.3 is 5.97 Å². The number of esters is 1. The van der Waals surface area contributed by atoms with Gasteiger partial charge in [0.2, 0.25) is 0 Å². The molecule has 0 radical (unpaired) electrons. The van der Waals surface area contributed by atoms with E-state index in [1.807, 2.05) is 5.38 Å². The molecule has 1 atom stereocenters. The molecule has 1 amide bonds. The Bertz CT molecular complexity index is 549. The Morgan fingerprint density at radius 3 is 2.67 bits per heavy atom. The van der Waals surface area contributed by atoms with Gasteiger partial charge in [0.15, 0.2) is 11.9 Å². The summed E-state index contributed by atoms with van der Waals surface area (Å²) in [5.41, 5.74) is 0. The van der Waals surface area contributed by atoms with Crippen molar-refractivity contribution in [3.05, 3.63) is 22.4 Å². The highest BCUT2D eigenvalue weighted by atomic mass is 32.1. The van der Waals surface area contributed by atoms with Crippen molar-refractivity contribution in [1.82, 2.24) is 5.32 Å². The molecule has 6 heteroatoms. The first-order chi connectivity index (χ1) is 11.6. The fourth-order valence-electron chi connectivity index (χ4n) is 2.87. The fraction of sp³-hybridized carbons (Fsp3) is 0.611.